The van der Waals surface area contributed by atoms with Gasteiger partial charge in [0.05, 0.1) is 13.1 Å². The number of halogens is 2. The fourth-order valence-corrected chi connectivity index (χ4v) is 2.49. The van der Waals surface area contributed by atoms with E-state index in [0.29, 0.717) is 19.0 Å². The number of benzene rings is 1. The Morgan fingerprint density at radius 2 is 2.04 bits per heavy atom. The van der Waals surface area contributed by atoms with Gasteiger partial charge in [0.15, 0.2) is 0 Å². The molecule has 2 N–H and O–H groups in total. The van der Waals surface area contributed by atoms with Crippen LogP contribution in [0.3, 0.4) is 0 Å². The maximum absolute atomic E-state index is 11.9. The van der Waals surface area contributed by atoms with Gasteiger partial charge in [-0.3, -0.25) is 10.1 Å². The zero-order chi connectivity index (χ0) is 15.4. The lowest BCUT2D eigenvalue weighted by Gasteiger charge is -2.10. The summed E-state index contributed by atoms with van der Waals surface area (Å²) >= 11 is 3.43. The van der Waals surface area contributed by atoms with Crippen molar-refractivity contribution in [3.8, 4) is 0 Å². The normalized spacial score (nSPS) is 13.4. The third kappa shape index (κ3) is 5.64. The number of aromatic nitrogens is 2. The molecule has 0 radical (unpaired) electrons. The SMILES string of the molecule is Cl.O=C(CNCC1CC1)Nc1nccn1Cc1ccc(Br)cc1. The largest absolute Gasteiger partial charge is 0.313 e. The molecule has 1 fully saturated rings. The number of anilines is 1. The van der Waals surface area contributed by atoms with Crippen molar-refractivity contribution in [2.45, 2.75) is 19.4 Å². The molecular weight excluding hydrogens is 380 g/mol. The number of hydrogen-bond acceptors (Lipinski definition) is 3. The van der Waals surface area contributed by atoms with Crippen molar-refractivity contribution >= 4 is 40.2 Å². The molecule has 1 saturated carbocycles. The maximum atomic E-state index is 11.9. The lowest BCUT2D eigenvalue weighted by atomic mass is 10.2. The first kappa shape index (κ1) is 18.0. The predicted octanol–water partition coefficient (Wildman–Crippen LogP) is 3.05. The number of amides is 1. The number of rotatable bonds is 7. The average Bonchev–Trinajstić information content (AvgIpc) is 3.23. The van der Waals surface area contributed by atoms with Gasteiger partial charge >= 0.3 is 0 Å². The second-order valence-corrected chi connectivity index (χ2v) is 6.54. The van der Waals surface area contributed by atoms with Crippen molar-refractivity contribution in [3.63, 3.8) is 0 Å². The van der Waals surface area contributed by atoms with E-state index in [4.69, 9.17) is 0 Å². The Morgan fingerprint density at radius 3 is 2.74 bits per heavy atom. The van der Waals surface area contributed by atoms with Crippen molar-refractivity contribution in [2.24, 2.45) is 5.92 Å². The fraction of sp³-hybridized carbons (Fsp3) is 0.375. The summed E-state index contributed by atoms with van der Waals surface area (Å²) in [5, 5.41) is 6.04. The Morgan fingerprint density at radius 1 is 1.30 bits per heavy atom. The molecule has 1 aromatic carbocycles. The van der Waals surface area contributed by atoms with Gasteiger partial charge in [0.2, 0.25) is 11.9 Å². The molecule has 7 heteroatoms. The molecule has 1 heterocycles. The molecule has 0 saturated heterocycles. The zero-order valence-electron chi connectivity index (χ0n) is 12.7. The molecule has 3 rings (SSSR count). The van der Waals surface area contributed by atoms with E-state index in [1.165, 1.54) is 12.8 Å². The smallest absolute Gasteiger partial charge is 0.240 e. The van der Waals surface area contributed by atoms with Crippen molar-refractivity contribution in [1.82, 2.24) is 14.9 Å². The van der Waals surface area contributed by atoms with Gasteiger partial charge in [-0.15, -0.1) is 12.4 Å². The molecule has 0 aliphatic heterocycles. The first-order valence-electron chi connectivity index (χ1n) is 7.47. The minimum Gasteiger partial charge on any atom is -0.313 e. The van der Waals surface area contributed by atoms with Gasteiger partial charge < -0.3 is 9.88 Å². The number of nitrogens with one attached hydrogen (secondary N) is 2. The first-order chi connectivity index (χ1) is 10.7. The summed E-state index contributed by atoms with van der Waals surface area (Å²) < 4.78 is 2.99. The van der Waals surface area contributed by atoms with Gasteiger partial charge in [-0.2, -0.15) is 0 Å². The Labute approximate surface area is 150 Å². The Hall–Kier alpha value is -1.37. The predicted molar refractivity (Wildman–Crippen MR) is 96.9 cm³/mol. The Bertz CT molecular complexity index is 640. The quantitative estimate of drug-likeness (QED) is 0.752. The van der Waals surface area contributed by atoms with E-state index in [9.17, 15) is 4.79 Å². The molecule has 2 aromatic rings. The molecule has 0 spiro atoms. The molecule has 23 heavy (non-hydrogen) atoms. The van der Waals surface area contributed by atoms with Crippen LogP contribution in [-0.2, 0) is 11.3 Å². The van der Waals surface area contributed by atoms with Gasteiger partial charge in [0.1, 0.15) is 0 Å². The number of carbonyl (C=O) groups is 1. The van der Waals surface area contributed by atoms with Crippen LogP contribution < -0.4 is 10.6 Å². The van der Waals surface area contributed by atoms with Crippen molar-refractivity contribution in [2.75, 3.05) is 18.4 Å². The molecular formula is C16H20BrClN4O. The molecule has 1 aliphatic rings. The highest BCUT2D eigenvalue weighted by atomic mass is 79.9. The van der Waals surface area contributed by atoms with Crippen molar-refractivity contribution in [1.29, 1.82) is 0 Å². The monoisotopic (exact) mass is 398 g/mol. The lowest BCUT2D eigenvalue weighted by Crippen LogP contribution is -2.30. The van der Waals surface area contributed by atoms with Crippen LogP contribution in [0.1, 0.15) is 18.4 Å². The van der Waals surface area contributed by atoms with Crippen LogP contribution in [0.4, 0.5) is 5.95 Å². The van der Waals surface area contributed by atoms with Crippen LogP contribution in [0, 0.1) is 5.92 Å². The zero-order valence-corrected chi connectivity index (χ0v) is 15.1. The summed E-state index contributed by atoms with van der Waals surface area (Å²) in [7, 11) is 0. The minimum absolute atomic E-state index is 0. The van der Waals surface area contributed by atoms with Gasteiger partial charge in [-0.1, -0.05) is 28.1 Å². The van der Waals surface area contributed by atoms with E-state index < -0.39 is 0 Å². The van der Waals surface area contributed by atoms with Crippen LogP contribution >= 0.6 is 28.3 Å². The molecule has 124 valence electrons. The Balaban J connectivity index is 0.00000192. The summed E-state index contributed by atoms with van der Waals surface area (Å²) in [6, 6.07) is 8.11. The van der Waals surface area contributed by atoms with Gasteiger partial charge in [-0.25, -0.2) is 4.98 Å². The third-order valence-corrected chi connectivity index (χ3v) is 4.18. The van der Waals surface area contributed by atoms with Crippen molar-refractivity contribution < 1.29 is 4.79 Å². The number of nitrogens with zero attached hydrogens (tertiary/aromatic N) is 2. The van der Waals surface area contributed by atoms with Gasteiger partial charge in [0.25, 0.3) is 0 Å². The highest BCUT2D eigenvalue weighted by Gasteiger charge is 2.20. The molecule has 5 nitrogen and oxygen atoms in total. The van der Waals surface area contributed by atoms with E-state index in [2.05, 4.69) is 31.5 Å². The maximum Gasteiger partial charge on any atom is 0.240 e. The highest BCUT2D eigenvalue weighted by Crippen LogP contribution is 2.27. The van der Waals surface area contributed by atoms with E-state index in [1.54, 1.807) is 6.20 Å². The van der Waals surface area contributed by atoms with Crippen molar-refractivity contribution in [3.05, 3.63) is 46.7 Å². The van der Waals surface area contributed by atoms with E-state index in [-0.39, 0.29) is 18.3 Å². The lowest BCUT2D eigenvalue weighted by molar-refractivity contribution is -0.115. The summed E-state index contributed by atoms with van der Waals surface area (Å²) in [6.07, 6.45) is 6.14. The van der Waals surface area contributed by atoms with E-state index in [1.807, 2.05) is 35.0 Å². The third-order valence-electron chi connectivity index (χ3n) is 3.65. The number of hydrogen-bond donors (Lipinski definition) is 2. The van der Waals surface area contributed by atoms with Crippen LogP contribution in [0.2, 0.25) is 0 Å². The van der Waals surface area contributed by atoms with E-state index >= 15 is 0 Å². The molecule has 1 aromatic heterocycles. The molecule has 1 aliphatic carbocycles. The van der Waals surface area contributed by atoms with Gasteiger partial charge in [0, 0.05) is 16.9 Å². The summed E-state index contributed by atoms with van der Waals surface area (Å²) in [5.74, 6) is 1.30. The minimum atomic E-state index is -0.0519. The summed E-state index contributed by atoms with van der Waals surface area (Å²) in [4.78, 5) is 16.1. The molecule has 0 unspecified atom stereocenters. The van der Waals surface area contributed by atoms with Crippen LogP contribution in [0.25, 0.3) is 0 Å². The van der Waals surface area contributed by atoms with Crippen LogP contribution in [0.5, 0.6) is 0 Å². The standard InChI is InChI=1S/C16H19BrN4O.ClH/c17-14-5-3-13(4-6-14)11-21-8-7-19-16(21)20-15(22)10-18-9-12-1-2-12;/h3-8,12,18H,1-2,9-11H2,(H,19,20,22);1H. The number of imidazole rings is 1. The Kier molecular flexibility index (Phi) is 6.62. The number of carbonyl (C=O) groups excluding carboxylic acids is 1. The topological polar surface area (TPSA) is 59.0 Å². The van der Waals surface area contributed by atoms with E-state index in [0.717, 1.165) is 22.5 Å². The second kappa shape index (κ2) is 8.47. The molecule has 1 amide bonds. The molecule has 0 atom stereocenters. The first-order valence-corrected chi connectivity index (χ1v) is 8.26. The fourth-order valence-electron chi connectivity index (χ4n) is 2.23. The summed E-state index contributed by atoms with van der Waals surface area (Å²) in [5.41, 5.74) is 1.16. The van der Waals surface area contributed by atoms with Crippen LogP contribution in [0.15, 0.2) is 41.1 Å². The van der Waals surface area contributed by atoms with Crippen LogP contribution in [-0.4, -0.2) is 28.5 Å². The molecule has 0 bridgehead atoms. The average molecular weight is 400 g/mol. The summed E-state index contributed by atoms with van der Waals surface area (Å²) in [6.45, 7) is 1.95. The highest BCUT2D eigenvalue weighted by molar-refractivity contribution is 9.10. The van der Waals surface area contributed by atoms with Gasteiger partial charge in [-0.05, 0) is 43.0 Å². The second-order valence-electron chi connectivity index (χ2n) is 5.63.